The number of pyridine rings is 1. The van der Waals surface area contributed by atoms with Crippen LogP contribution in [0.25, 0.3) is 10.9 Å². The van der Waals surface area contributed by atoms with Crippen molar-refractivity contribution in [3.05, 3.63) is 124 Å². The molecule has 4 aromatic carbocycles. The Kier molecular flexibility index (Phi) is 12.9. The second kappa shape index (κ2) is 19.1. The summed E-state index contributed by atoms with van der Waals surface area (Å²) in [7, 11) is 7.80. The number of carbonyl (C=O) groups is 1. The zero-order chi connectivity index (χ0) is 46.8. The van der Waals surface area contributed by atoms with Crippen LogP contribution in [0.1, 0.15) is 63.7 Å². The van der Waals surface area contributed by atoms with E-state index >= 15 is 8.78 Å². The molecule has 0 radical (unpaired) electrons. The van der Waals surface area contributed by atoms with E-state index < -0.39 is 35.4 Å². The number of cyclic esters (lactones) is 1. The molecule has 9 rings (SSSR count). The van der Waals surface area contributed by atoms with E-state index in [9.17, 15) is 9.18 Å². The van der Waals surface area contributed by atoms with Crippen LogP contribution in [0.4, 0.5) is 19.0 Å². The van der Waals surface area contributed by atoms with Gasteiger partial charge in [-0.15, -0.1) is 0 Å². The fraction of sp³-hybridized carbons (Fsp3) is 0.360. The Labute approximate surface area is 385 Å². The number of rotatable bonds is 17. The van der Waals surface area contributed by atoms with Crippen LogP contribution in [0.2, 0.25) is 0 Å². The van der Waals surface area contributed by atoms with E-state index in [2.05, 4.69) is 14.9 Å². The third-order valence-electron chi connectivity index (χ3n) is 12.8. The van der Waals surface area contributed by atoms with Gasteiger partial charge < -0.3 is 42.8 Å². The van der Waals surface area contributed by atoms with E-state index in [1.165, 1.54) is 6.07 Å². The third-order valence-corrected chi connectivity index (χ3v) is 12.8. The van der Waals surface area contributed by atoms with Crippen molar-refractivity contribution in [1.82, 2.24) is 19.9 Å². The first kappa shape index (κ1) is 45.2. The lowest BCUT2D eigenvalue weighted by molar-refractivity contribution is 0.0232. The van der Waals surface area contributed by atoms with E-state index in [1.54, 1.807) is 65.9 Å². The number of hydrogen-bond donors (Lipinski definition) is 0. The molecule has 0 saturated carbocycles. The van der Waals surface area contributed by atoms with E-state index in [-0.39, 0.29) is 72.3 Å². The average Bonchev–Trinajstić information content (AvgIpc) is 3.87. The molecule has 2 aromatic heterocycles. The highest BCUT2D eigenvalue weighted by molar-refractivity contribution is 5.95. The first-order valence-corrected chi connectivity index (χ1v) is 21.9. The van der Waals surface area contributed by atoms with Gasteiger partial charge in [-0.2, -0.15) is 9.97 Å². The van der Waals surface area contributed by atoms with E-state index in [1.807, 2.05) is 41.3 Å². The van der Waals surface area contributed by atoms with Crippen molar-refractivity contribution in [2.24, 2.45) is 0 Å². The van der Waals surface area contributed by atoms with Gasteiger partial charge in [0.1, 0.15) is 77.3 Å². The van der Waals surface area contributed by atoms with Crippen LogP contribution in [0.3, 0.4) is 0 Å². The summed E-state index contributed by atoms with van der Waals surface area (Å²) in [6.07, 6.45) is -0.491. The lowest BCUT2D eigenvalue weighted by Gasteiger charge is -2.31. The second-order valence-electron chi connectivity index (χ2n) is 16.8. The first-order chi connectivity index (χ1) is 32.5. The minimum atomic E-state index is -1.31. The van der Waals surface area contributed by atoms with Crippen LogP contribution in [-0.2, 0) is 30.9 Å². The fourth-order valence-electron chi connectivity index (χ4n) is 9.38. The molecule has 3 aliphatic heterocycles. The molecule has 14 nitrogen and oxygen atoms in total. The Morgan fingerprint density at radius 1 is 0.776 bits per heavy atom. The monoisotopic (exact) mass is 921 g/mol. The zero-order valence-corrected chi connectivity index (χ0v) is 37.8. The number of anilines is 1. The molecule has 3 aliphatic rings. The molecule has 3 atom stereocenters. The molecule has 17 heteroatoms. The smallest absolute Gasteiger partial charge is 0.346 e. The topological polar surface area (TPSA) is 136 Å². The van der Waals surface area contributed by atoms with E-state index in [0.717, 1.165) is 42.1 Å². The Morgan fingerprint density at radius 3 is 2.10 bits per heavy atom. The minimum absolute atomic E-state index is 0.00401. The van der Waals surface area contributed by atoms with Crippen molar-refractivity contribution < 1.29 is 55.9 Å². The van der Waals surface area contributed by atoms with Crippen molar-refractivity contribution >= 4 is 22.7 Å². The zero-order valence-electron chi connectivity index (χ0n) is 37.8. The normalized spacial score (nSPS) is 18.8. The van der Waals surface area contributed by atoms with Gasteiger partial charge in [-0.3, -0.25) is 4.90 Å². The number of aromatic nitrogens is 3. The molecule has 67 heavy (non-hydrogen) atoms. The number of benzene rings is 4. The Hall–Kier alpha value is -7.01. The molecule has 2 unspecified atom stereocenters. The van der Waals surface area contributed by atoms with Gasteiger partial charge in [0, 0.05) is 67.2 Å². The van der Waals surface area contributed by atoms with Crippen LogP contribution < -0.4 is 38.1 Å². The molecule has 0 amide bonds. The van der Waals surface area contributed by atoms with Crippen molar-refractivity contribution in [3.63, 3.8) is 0 Å². The number of halogens is 3. The Morgan fingerprint density at radius 2 is 1.45 bits per heavy atom. The highest BCUT2D eigenvalue weighted by Crippen LogP contribution is 2.43. The second-order valence-corrected chi connectivity index (χ2v) is 16.8. The van der Waals surface area contributed by atoms with Crippen molar-refractivity contribution in [1.29, 1.82) is 0 Å². The minimum Gasteiger partial charge on any atom is -0.497 e. The fourth-order valence-corrected chi connectivity index (χ4v) is 9.38. The predicted molar refractivity (Wildman–Crippen MR) is 240 cm³/mol. The Bertz CT molecular complexity index is 2740. The maximum Gasteiger partial charge on any atom is 0.346 e. The lowest BCUT2D eigenvalue weighted by atomic mass is 9.95. The molecular formula is C50H50F3N5O9. The first-order valence-electron chi connectivity index (χ1n) is 21.9. The molecule has 0 spiro atoms. The molecule has 0 bridgehead atoms. The number of nitrogens with zero attached hydrogens (tertiary/aromatic N) is 5. The van der Waals surface area contributed by atoms with Gasteiger partial charge in [-0.05, 0) is 73.5 Å². The summed E-state index contributed by atoms with van der Waals surface area (Å²) in [4.78, 5) is 32.4. The van der Waals surface area contributed by atoms with E-state index in [0.29, 0.717) is 47.5 Å². The Balaban J connectivity index is 1.10. The van der Waals surface area contributed by atoms with Crippen LogP contribution in [-0.4, -0.2) is 92.8 Å². The summed E-state index contributed by atoms with van der Waals surface area (Å²) < 4.78 is 93.2. The van der Waals surface area contributed by atoms with Crippen LogP contribution in [0.15, 0.2) is 78.9 Å². The van der Waals surface area contributed by atoms with Gasteiger partial charge in [0.15, 0.2) is 0 Å². The molecule has 0 aliphatic carbocycles. The third kappa shape index (κ3) is 9.11. The van der Waals surface area contributed by atoms with Gasteiger partial charge in [0.25, 0.3) is 0 Å². The van der Waals surface area contributed by atoms with Crippen molar-refractivity contribution in [2.45, 2.75) is 63.2 Å². The van der Waals surface area contributed by atoms with Gasteiger partial charge in [-0.1, -0.05) is 12.1 Å². The molecule has 2 fully saturated rings. The predicted octanol–water partition coefficient (Wildman–Crippen LogP) is 8.54. The maximum absolute atomic E-state index is 16.5. The van der Waals surface area contributed by atoms with E-state index in [4.69, 9.17) is 42.9 Å². The van der Waals surface area contributed by atoms with Gasteiger partial charge >= 0.3 is 12.0 Å². The van der Waals surface area contributed by atoms with Crippen LogP contribution in [0, 0.1) is 11.6 Å². The van der Waals surface area contributed by atoms with Gasteiger partial charge in [0.2, 0.25) is 5.88 Å². The largest absolute Gasteiger partial charge is 0.497 e. The summed E-state index contributed by atoms with van der Waals surface area (Å²) in [5.41, 5.74) is 1.66. The number of esters is 1. The number of carbonyl (C=O) groups excluding carboxylic acids is 1. The van der Waals surface area contributed by atoms with Crippen molar-refractivity contribution in [2.75, 3.05) is 60.1 Å². The van der Waals surface area contributed by atoms with Crippen LogP contribution in [0.5, 0.6) is 40.6 Å². The highest BCUT2D eigenvalue weighted by Gasteiger charge is 2.49. The molecule has 2 saturated heterocycles. The quantitative estimate of drug-likeness (QED) is 0.0809. The standard InChI is InChI=1S/C50H50F3N5O9/c1-60-33-11-7-29(8-12-33)27-65-47-45-39(54-49(56-47)66-28-50-17-6-18-58(50)26-32(51)23-50)22-42(67-48(45)59)44-38(53)21-37(52)36-15-16-43(55-46(36)44)57(24-30-9-13-34(61-2)19-40(30)63-4)25-31-10-14-35(62-3)20-41(31)64-5/h7-16,19-21,32,42H,6,17-18,22-28H2,1-5H3/t32-,42?,50?/m0/s1. The number of ether oxygens (including phenoxy) is 8. The maximum atomic E-state index is 16.5. The summed E-state index contributed by atoms with van der Waals surface area (Å²) in [6.45, 7) is 1.66. The van der Waals surface area contributed by atoms with Crippen molar-refractivity contribution in [3.8, 4) is 40.6 Å². The highest BCUT2D eigenvalue weighted by atomic mass is 19.1. The number of alkyl halides is 1. The number of methoxy groups -OCH3 is 5. The summed E-state index contributed by atoms with van der Waals surface area (Å²) in [6, 6.07) is 21.9. The van der Waals surface area contributed by atoms with Crippen LogP contribution >= 0.6 is 0 Å². The molecule has 6 aromatic rings. The molecular weight excluding hydrogens is 872 g/mol. The molecule has 350 valence electrons. The van der Waals surface area contributed by atoms with Gasteiger partial charge in [-0.25, -0.2) is 22.9 Å². The SMILES string of the molecule is COc1ccc(COc2nc(OCC34CCCN3C[C@@H](F)C4)nc3c2C(=O)OC(c2c(F)cc(F)c4ccc(N(Cc5ccc(OC)cc5OC)Cc5ccc(OC)cc5OC)nc24)C3)cc1. The summed E-state index contributed by atoms with van der Waals surface area (Å²) in [5, 5.41) is 0.00401. The lowest BCUT2D eigenvalue weighted by Crippen LogP contribution is -2.43. The molecule has 5 heterocycles. The average molecular weight is 922 g/mol. The number of hydrogen-bond acceptors (Lipinski definition) is 14. The van der Waals surface area contributed by atoms with Gasteiger partial charge in [0.05, 0.1) is 57.9 Å². The summed E-state index contributed by atoms with van der Waals surface area (Å²) in [5.74, 6) is 0.466. The molecule has 0 N–H and O–H groups in total. The number of fused-ring (bicyclic) bond motifs is 3. The summed E-state index contributed by atoms with van der Waals surface area (Å²) >= 11 is 0.